The molecule has 8 rings (SSSR count). The molecular formula is C43H37NO2. The predicted octanol–water partition coefficient (Wildman–Crippen LogP) is 10.3. The maximum atomic E-state index is 14.3. The van der Waals surface area contributed by atoms with Gasteiger partial charge in [-0.3, -0.25) is 9.69 Å². The third kappa shape index (κ3) is 4.49. The molecule has 1 aliphatic carbocycles. The number of likely N-dealkylation sites (N-methyl/N-ethyl adjacent to an activating group) is 1. The van der Waals surface area contributed by atoms with E-state index in [1.165, 1.54) is 65.3 Å². The summed E-state index contributed by atoms with van der Waals surface area (Å²) in [4.78, 5) is 16.6. The maximum absolute atomic E-state index is 14.3. The summed E-state index contributed by atoms with van der Waals surface area (Å²) in [5.41, 5.74) is 5.56. The van der Waals surface area contributed by atoms with Gasteiger partial charge in [0.25, 0.3) is 0 Å². The first-order chi connectivity index (χ1) is 22.3. The van der Waals surface area contributed by atoms with E-state index in [1.54, 1.807) is 0 Å². The van der Waals surface area contributed by atoms with Crippen LogP contribution >= 0.6 is 0 Å². The molecule has 7 aromatic carbocycles. The SMILES string of the molecule is CN(C1c2c(c3ccccc3c3ccccc23)-c2c1c1ccccc1c1ccccc21)[C@@H](Cc1ccccc1)C(=O)OC(C)(C)C. The van der Waals surface area contributed by atoms with Gasteiger partial charge in [-0.1, -0.05) is 127 Å². The number of ether oxygens (including phenoxy) is 1. The van der Waals surface area contributed by atoms with Crippen molar-refractivity contribution < 1.29 is 9.53 Å². The predicted molar refractivity (Wildman–Crippen MR) is 191 cm³/mol. The minimum absolute atomic E-state index is 0.185. The van der Waals surface area contributed by atoms with Gasteiger partial charge in [0.1, 0.15) is 11.6 Å². The van der Waals surface area contributed by atoms with Crippen molar-refractivity contribution in [1.82, 2.24) is 4.90 Å². The summed E-state index contributed by atoms with van der Waals surface area (Å²) in [6, 6.07) is 44.8. The van der Waals surface area contributed by atoms with Crippen molar-refractivity contribution >= 4 is 49.1 Å². The summed E-state index contributed by atoms with van der Waals surface area (Å²) < 4.78 is 6.16. The lowest BCUT2D eigenvalue weighted by Crippen LogP contribution is -2.45. The van der Waals surface area contributed by atoms with Gasteiger partial charge in [-0.05, 0) is 105 Å². The molecule has 0 radical (unpaired) electrons. The first-order valence-electron chi connectivity index (χ1n) is 16.2. The Bertz CT molecular complexity index is 2170. The van der Waals surface area contributed by atoms with Gasteiger partial charge in [0, 0.05) is 0 Å². The van der Waals surface area contributed by atoms with Crippen LogP contribution in [0.5, 0.6) is 0 Å². The van der Waals surface area contributed by atoms with Crippen molar-refractivity contribution in [2.75, 3.05) is 7.05 Å². The maximum Gasteiger partial charge on any atom is 0.324 e. The number of fused-ring (bicyclic) bond motifs is 13. The summed E-state index contributed by atoms with van der Waals surface area (Å²) in [7, 11) is 2.12. The van der Waals surface area contributed by atoms with E-state index in [1.807, 2.05) is 39.0 Å². The fraction of sp³-hybridized carbons (Fsp3) is 0.186. The normalized spacial score (nSPS) is 13.8. The Balaban J connectivity index is 1.49. The molecule has 0 spiro atoms. The van der Waals surface area contributed by atoms with Crippen molar-refractivity contribution in [1.29, 1.82) is 0 Å². The third-order valence-corrected chi connectivity index (χ3v) is 9.59. The average Bonchev–Trinajstić information content (AvgIpc) is 3.44. The third-order valence-electron chi connectivity index (χ3n) is 9.59. The highest BCUT2D eigenvalue weighted by Gasteiger charge is 2.42. The van der Waals surface area contributed by atoms with Gasteiger partial charge in [0.05, 0.1) is 6.04 Å². The highest BCUT2D eigenvalue weighted by Crippen LogP contribution is 2.57. The minimum Gasteiger partial charge on any atom is -0.459 e. The van der Waals surface area contributed by atoms with Gasteiger partial charge in [-0.25, -0.2) is 0 Å². The molecule has 0 saturated carbocycles. The Kier molecular flexibility index (Phi) is 6.70. The van der Waals surface area contributed by atoms with Crippen molar-refractivity contribution in [2.24, 2.45) is 0 Å². The summed E-state index contributed by atoms with van der Waals surface area (Å²) in [5.74, 6) is -0.205. The molecule has 1 atom stereocenters. The van der Waals surface area contributed by atoms with E-state index >= 15 is 0 Å². The molecule has 0 amide bonds. The zero-order valence-corrected chi connectivity index (χ0v) is 26.7. The number of hydrogen-bond donors (Lipinski definition) is 0. The Labute approximate surface area is 270 Å². The number of benzene rings is 7. The molecule has 46 heavy (non-hydrogen) atoms. The van der Waals surface area contributed by atoms with E-state index in [0.29, 0.717) is 6.42 Å². The quantitative estimate of drug-likeness (QED) is 0.146. The van der Waals surface area contributed by atoms with Crippen LogP contribution in [-0.2, 0) is 16.0 Å². The van der Waals surface area contributed by atoms with Gasteiger partial charge in [-0.2, -0.15) is 0 Å². The molecule has 0 aliphatic heterocycles. The van der Waals surface area contributed by atoms with E-state index in [-0.39, 0.29) is 12.0 Å². The molecule has 0 bridgehead atoms. The lowest BCUT2D eigenvalue weighted by Gasteiger charge is -2.35. The lowest BCUT2D eigenvalue weighted by atomic mass is 9.89. The smallest absolute Gasteiger partial charge is 0.324 e. The van der Waals surface area contributed by atoms with Crippen molar-refractivity contribution in [3.63, 3.8) is 0 Å². The summed E-state index contributed by atoms with van der Waals surface area (Å²) in [6.07, 6.45) is 0.546. The lowest BCUT2D eigenvalue weighted by molar-refractivity contribution is -0.161. The Morgan fingerprint density at radius 3 is 1.39 bits per heavy atom. The molecule has 0 unspecified atom stereocenters. The molecule has 0 heterocycles. The van der Waals surface area contributed by atoms with Gasteiger partial charge < -0.3 is 4.74 Å². The molecule has 7 aromatic rings. The second-order valence-corrected chi connectivity index (χ2v) is 13.6. The molecule has 226 valence electrons. The van der Waals surface area contributed by atoms with Crippen LogP contribution in [0.1, 0.15) is 43.5 Å². The molecular weight excluding hydrogens is 562 g/mol. The fourth-order valence-corrected chi connectivity index (χ4v) is 7.78. The van der Waals surface area contributed by atoms with Crippen molar-refractivity contribution in [3.05, 3.63) is 144 Å². The number of rotatable bonds is 5. The zero-order chi connectivity index (χ0) is 31.6. The standard InChI is InChI=1S/C43H37NO2/c1-43(2,3)46-42(45)36(26-27-16-6-5-7-17-27)44(4)41-39-34-24-14-10-20-30(34)28-18-8-12-22-32(28)37(39)38-33-23-13-9-19-29(33)31-21-11-15-25-35(31)40(38)41/h5-25,36,41H,26H2,1-4H3/t36-/m0/s1. The van der Waals surface area contributed by atoms with Crippen LogP contribution in [-0.4, -0.2) is 29.6 Å². The van der Waals surface area contributed by atoms with Crippen LogP contribution in [0.15, 0.2) is 127 Å². The van der Waals surface area contributed by atoms with E-state index in [9.17, 15) is 4.79 Å². The molecule has 0 fully saturated rings. The summed E-state index contributed by atoms with van der Waals surface area (Å²) in [6.45, 7) is 5.85. The van der Waals surface area contributed by atoms with E-state index < -0.39 is 11.6 Å². The number of carbonyl (C=O) groups excluding carboxylic acids is 1. The number of carbonyl (C=O) groups is 1. The van der Waals surface area contributed by atoms with Gasteiger partial charge in [-0.15, -0.1) is 0 Å². The Hall–Kier alpha value is -4.99. The zero-order valence-electron chi connectivity index (χ0n) is 26.7. The molecule has 0 aromatic heterocycles. The minimum atomic E-state index is -0.607. The molecule has 1 aliphatic rings. The van der Waals surface area contributed by atoms with E-state index in [2.05, 4.69) is 121 Å². The average molecular weight is 600 g/mol. The number of hydrogen-bond acceptors (Lipinski definition) is 3. The van der Waals surface area contributed by atoms with Gasteiger partial charge >= 0.3 is 5.97 Å². The van der Waals surface area contributed by atoms with Gasteiger partial charge in [0.2, 0.25) is 0 Å². The monoisotopic (exact) mass is 599 g/mol. The second kappa shape index (κ2) is 10.8. The van der Waals surface area contributed by atoms with Gasteiger partial charge in [0.15, 0.2) is 0 Å². The molecule has 3 heteroatoms. The van der Waals surface area contributed by atoms with E-state index in [4.69, 9.17) is 4.74 Å². The summed E-state index contributed by atoms with van der Waals surface area (Å²) >= 11 is 0. The second-order valence-electron chi connectivity index (χ2n) is 13.6. The van der Waals surface area contributed by atoms with Crippen LogP contribution in [0.3, 0.4) is 0 Å². The molecule has 3 nitrogen and oxygen atoms in total. The molecule has 0 N–H and O–H groups in total. The first-order valence-corrected chi connectivity index (χ1v) is 16.2. The van der Waals surface area contributed by atoms with E-state index in [0.717, 1.165) is 5.56 Å². The van der Waals surface area contributed by atoms with Crippen molar-refractivity contribution in [3.8, 4) is 11.1 Å². The van der Waals surface area contributed by atoms with Crippen LogP contribution in [0, 0.1) is 0 Å². The van der Waals surface area contributed by atoms with Crippen LogP contribution in [0.2, 0.25) is 0 Å². The van der Waals surface area contributed by atoms with Crippen LogP contribution in [0.25, 0.3) is 54.2 Å². The Morgan fingerprint density at radius 2 is 0.957 bits per heavy atom. The highest BCUT2D eigenvalue weighted by molar-refractivity contribution is 6.25. The fourth-order valence-electron chi connectivity index (χ4n) is 7.78. The number of nitrogens with zero attached hydrogens (tertiary/aromatic N) is 1. The molecule has 0 saturated heterocycles. The Morgan fingerprint density at radius 1 is 0.587 bits per heavy atom. The summed E-state index contributed by atoms with van der Waals surface area (Å²) in [5, 5.41) is 9.88. The van der Waals surface area contributed by atoms with Crippen molar-refractivity contribution in [2.45, 2.75) is 44.9 Å². The highest BCUT2D eigenvalue weighted by atomic mass is 16.6. The first kappa shape index (κ1) is 28.5. The van der Waals surface area contributed by atoms with Crippen LogP contribution in [0.4, 0.5) is 0 Å². The number of esters is 1. The largest absolute Gasteiger partial charge is 0.459 e. The topological polar surface area (TPSA) is 29.5 Å². The van der Waals surface area contributed by atoms with Crippen LogP contribution < -0.4 is 0 Å².